The maximum Gasteiger partial charge on any atom is 0.211 e. The molecule has 15 heavy (non-hydrogen) atoms. The Balaban J connectivity index is 2.68. The van der Waals surface area contributed by atoms with Gasteiger partial charge in [0.15, 0.2) is 0 Å². The molecule has 0 atom stereocenters. The van der Waals surface area contributed by atoms with Crippen molar-refractivity contribution < 1.29 is 0 Å². The van der Waals surface area contributed by atoms with Crippen molar-refractivity contribution >= 4 is 27.3 Å². The molecule has 4 heteroatoms. The van der Waals surface area contributed by atoms with E-state index in [9.17, 15) is 0 Å². The Morgan fingerprint density at radius 3 is 2.67 bits per heavy atom. The second-order valence-electron chi connectivity index (χ2n) is 3.56. The third kappa shape index (κ3) is 1.99. The summed E-state index contributed by atoms with van der Waals surface area (Å²) in [5, 5.41) is 8.29. The van der Waals surface area contributed by atoms with Gasteiger partial charge in [0.1, 0.15) is 0 Å². The van der Waals surface area contributed by atoms with Crippen LogP contribution in [0.5, 0.6) is 0 Å². The Morgan fingerprint density at radius 1 is 1.27 bits per heavy atom. The van der Waals surface area contributed by atoms with Crippen molar-refractivity contribution in [3.8, 4) is 0 Å². The Hall–Kier alpha value is -1.42. The molecule has 0 N–H and O–H groups in total. The fourth-order valence-electron chi connectivity index (χ4n) is 1.32. The first kappa shape index (κ1) is 10.1. The van der Waals surface area contributed by atoms with E-state index in [-0.39, 0.29) is 0 Å². The highest BCUT2D eigenvalue weighted by atomic mass is 32.1. The van der Waals surface area contributed by atoms with E-state index in [0.717, 1.165) is 10.5 Å². The molecule has 0 amide bonds. The maximum absolute atomic E-state index is 4.21. The number of thiazole rings is 1. The van der Waals surface area contributed by atoms with Crippen molar-refractivity contribution in [2.45, 2.75) is 13.8 Å². The zero-order valence-corrected chi connectivity index (χ0v) is 9.88. The molecule has 0 bridgehead atoms. The van der Waals surface area contributed by atoms with Gasteiger partial charge in [-0.1, -0.05) is 23.5 Å². The molecule has 78 valence electrons. The second kappa shape index (κ2) is 3.98. The van der Waals surface area contributed by atoms with Gasteiger partial charge in [0.25, 0.3) is 0 Å². The Labute approximate surface area is 92.4 Å². The Morgan fingerprint density at radius 2 is 2.00 bits per heavy atom. The fraction of sp³-hybridized carbons (Fsp3) is 0.273. The van der Waals surface area contributed by atoms with Gasteiger partial charge >= 0.3 is 0 Å². The molecular formula is C11H13N3S. The van der Waals surface area contributed by atoms with Crippen LogP contribution in [0.3, 0.4) is 0 Å². The first-order valence-corrected chi connectivity index (χ1v) is 5.59. The van der Waals surface area contributed by atoms with Gasteiger partial charge in [0.2, 0.25) is 4.80 Å². The number of nitrogens with zero attached hydrogens (tertiary/aromatic N) is 3. The maximum atomic E-state index is 4.21. The number of hydrogen-bond acceptors (Lipinski definition) is 3. The standard InChI is InChI=1S/C11H13N3S/c1-8(2)12-13-11-14(3)9-6-4-5-7-10(9)15-11/h4-7H,1-3H3/b13-11+. The molecule has 0 spiro atoms. The van der Waals surface area contributed by atoms with Crippen molar-refractivity contribution in [3.05, 3.63) is 29.1 Å². The van der Waals surface area contributed by atoms with Crippen LogP contribution in [0.2, 0.25) is 0 Å². The molecule has 0 saturated carbocycles. The highest BCUT2D eigenvalue weighted by Crippen LogP contribution is 2.14. The molecule has 2 aromatic rings. The van der Waals surface area contributed by atoms with Crippen LogP contribution in [0.15, 0.2) is 34.5 Å². The third-order valence-electron chi connectivity index (χ3n) is 2.05. The predicted molar refractivity (Wildman–Crippen MR) is 65.1 cm³/mol. The molecule has 0 aliphatic rings. The number of aromatic nitrogens is 1. The molecule has 1 aromatic carbocycles. The smallest absolute Gasteiger partial charge is 0.211 e. The minimum absolute atomic E-state index is 0.928. The van der Waals surface area contributed by atoms with E-state index >= 15 is 0 Å². The monoisotopic (exact) mass is 219 g/mol. The van der Waals surface area contributed by atoms with E-state index < -0.39 is 0 Å². The lowest BCUT2D eigenvalue weighted by atomic mass is 10.3. The van der Waals surface area contributed by atoms with Crippen molar-refractivity contribution in [3.63, 3.8) is 0 Å². The van der Waals surface area contributed by atoms with E-state index in [1.165, 1.54) is 10.2 Å². The molecule has 1 aromatic heterocycles. The second-order valence-corrected chi connectivity index (χ2v) is 4.57. The van der Waals surface area contributed by atoms with Gasteiger partial charge in [-0.3, -0.25) is 0 Å². The van der Waals surface area contributed by atoms with E-state index in [4.69, 9.17) is 0 Å². The lowest BCUT2D eigenvalue weighted by molar-refractivity contribution is 0.888. The molecule has 0 radical (unpaired) electrons. The molecule has 1 heterocycles. The van der Waals surface area contributed by atoms with Crippen LogP contribution in [0.4, 0.5) is 0 Å². The average molecular weight is 219 g/mol. The average Bonchev–Trinajstić information content (AvgIpc) is 2.54. The van der Waals surface area contributed by atoms with Gasteiger partial charge in [0.05, 0.1) is 10.2 Å². The number of para-hydroxylation sites is 1. The van der Waals surface area contributed by atoms with Gasteiger partial charge in [0, 0.05) is 12.8 Å². The number of hydrogen-bond donors (Lipinski definition) is 0. The lowest BCUT2D eigenvalue weighted by Crippen LogP contribution is -2.09. The van der Waals surface area contributed by atoms with Crippen LogP contribution in [0.25, 0.3) is 10.2 Å². The molecule has 0 fully saturated rings. The number of fused-ring (bicyclic) bond motifs is 1. The number of rotatable bonds is 1. The van der Waals surface area contributed by atoms with Gasteiger partial charge in [-0.25, -0.2) is 0 Å². The predicted octanol–water partition coefficient (Wildman–Crippen LogP) is 2.54. The SMILES string of the molecule is CC(C)=N/N=c1/sc2ccccc2n1C. The lowest BCUT2D eigenvalue weighted by Gasteiger charge is -1.92. The van der Waals surface area contributed by atoms with E-state index in [1.807, 2.05) is 33.0 Å². The van der Waals surface area contributed by atoms with Gasteiger partial charge in [-0.2, -0.15) is 5.10 Å². The summed E-state index contributed by atoms with van der Waals surface area (Å²) in [5.74, 6) is 0. The molecule has 3 nitrogen and oxygen atoms in total. The highest BCUT2D eigenvalue weighted by molar-refractivity contribution is 7.16. The zero-order valence-electron chi connectivity index (χ0n) is 9.06. The molecule has 0 saturated heterocycles. The Kier molecular flexibility index (Phi) is 2.68. The molecule has 0 aliphatic heterocycles. The largest absolute Gasteiger partial charge is 0.318 e. The zero-order chi connectivity index (χ0) is 10.8. The summed E-state index contributed by atoms with van der Waals surface area (Å²) in [6, 6.07) is 8.26. The Bertz CT molecular complexity index is 571. The first-order valence-electron chi connectivity index (χ1n) is 4.78. The van der Waals surface area contributed by atoms with Gasteiger partial charge in [-0.05, 0) is 26.0 Å². The summed E-state index contributed by atoms with van der Waals surface area (Å²) in [7, 11) is 2.01. The summed E-state index contributed by atoms with van der Waals surface area (Å²) < 4.78 is 3.30. The summed E-state index contributed by atoms with van der Waals surface area (Å²) in [6.07, 6.45) is 0. The quantitative estimate of drug-likeness (QED) is 0.521. The number of aryl methyl sites for hydroxylation is 1. The third-order valence-corrected chi connectivity index (χ3v) is 3.15. The van der Waals surface area contributed by atoms with Crippen LogP contribution >= 0.6 is 11.3 Å². The van der Waals surface area contributed by atoms with Crippen LogP contribution < -0.4 is 4.80 Å². The number of benzene rings is 1. The van der Waals surface area contributed by atoms with Crippen molar-refractivity contribution in [1.82, 2.24) is 4.57 Å². The van der Waals surface area contributed by atoms with Crippen LogP contribution in [-0.4, -0.2) is 10.3 Å². The van der Waals surface area contributed by atoms with E-state index in [0.29, 0.717) is 0 Å². The minimum Gasteiger partial charge on any atom is -0.318 e. The topological polar surface area (TPSA) is 29.6 Å². The molecule has 2 rings (SSSR count). The highest BCUT2D eigenvalue weighted by Gasteiger charge is 2.00. The van der Waals surface area contributed by atoms with Crippen LogP contribution in [-0.2, 0) is 7.05 Å². The fourth-order valence-corrected chi connectivity index (χ4v) is 2.29. The van der Waals surface area contributed by atoms with Gasteiger partial charge < -0.3 is 4.57 Å². The molecule has 0 unspecified atom stereocenters. The molecule has 0 aliphatic carbocycles. The van der Waals surface area contributed by atoms with Crippen molar-refractivity contribution in [2.75, 3.05) is 0 Å². The first-order chi connectivity index (χ1) is 7.18. The van der Waals surface area contributed by atoms with E-state index in [1.54, 1.807) is 11.3 Å². The summed E-state index contributed by atoms with van der Waals surface area (Å²) in [4.78, 5) is 0.928. The van der Waals surface area contributed by atoms with Crippen molar-refractivity contribution in [1.29, 1.82) is 0 Å². The van der Waals surface area contributed by atoms with Crippen LogP contribution in [0.1, 0.15) is 13.8 Å². The van der Waals surface area contributed by atoms with Crippen molar-refractivity contribution in [2.24, 2.45) is 17.3 Å². The summed E-state index contributed by atoms with van der Waals surface area (Å²) in [5.41, 5.74) is 2.16. The summed E-state index contributed by atoms with van der Waals surface area (Å²) in [6.45, 7) is 3.88. The normalized spacial score (nSPS) is 12.1. The molecular weight excluding hydrogens is 206 g/mol. The minimum atomic E-state index is 0.928. The summed E-state index contributed by atoms with van der Waals surface area (Å²) >= 11 is 1.66. The van der Waals surface area contributed by atoms with Crippen LogP contribution in [0, 0.1) is 0 Å². The van der Waals surface area contributed by atoms with E-state index in [2.05, 4.69) is 26.9 Å². The van der Waals surface area contributed by atoms with Gasteiger partial charge in [-0.15, -0.1) is 5.10 Å².